The van der Waals surface area contributed by atoms with Crippen LogP contribution in [0.2, 0.25) is 0 Å². The summed E-state index contributed by atoms with van der Waals surface area (Å²) in [6.07, 6.45) is 1.10. The molecule has 1 heterocycles. The average Bonchev–Trinajstić information content (AvgIpc) is 3.07. The second-order valence-corrected chi connectivity index (χ2v) is 8.92. The molecule has 2 amide bonds. The number of benzene rings is 2. The Kier molecular flexibility index (Phi) is 5.54. The van der Waals surface area contributed by atoms with Crippen LogP contribution in [0.15, 0.2) is 48.5 Å². The van der Waals surface area contributed by atoms with E-state index in [1.165, 1.54) is 0 Å². The molecule has 172 valence electrons. The van der Waals surface area contributed by atoms with E-state index in [9.17, 15) is 14.4 Å². The normalized spacial score (nSPS) is 18.5. The van der Waals surface area contributed by atoms with Crippen LogP contribution in [-0.4, -0.2) is 65.9 Å². The highest BCUT2D eigenvalue weighted by atomic mass is 16.5. The molecule has 0 radical (unpaired) electrons. The van der Waals surface area contributed by atoms with E-state index in [2.05, 4.69) is 29.6 Å². The minimum atomic E-state index is -1.04. The minimum Gasteiger partial charge on any atom is -0.480 e. The molecule has 1 saturated carbocycles. The zero-order valence-electron chi connectivity index (χ0n) is 18.2. The van der Waals surface area contributed by atoms with E-state index in [0.29, 0.717) is 25.9 Å². The Hall–Kier alpha value is -3.39. The molecule has 0 bridgehead atoms. The Labute approximate surface area is 191 Å². The van der Waals surface area contributed by atoms with Gasteiger partial charge in [-0.2, -0.15) is 0 Å². The van der Waals surface area contributed by atoms with E-state index < -0.39 is 17.6 Å². The third-order valence-corrected chi connectivity index (χ3v) is 6.88. The number of rotatable bonds is 7. The third-order valence-electron chi connectivity index (χ3n) is 6.88. The Morgan fingerprint density at radius 3 is 2.15 bits per heavy atom. The van der Waals surface area contributed by atoms with Crippen LogP contribution in [0.4, 0.5) is 4.79 Å². The van der Waals surface area contributed by atoms with Crippen molar-refractivity contribution >= 4 is 18.0 Å². The number of alkyl carbamates (subject to hydrolysis) is 1. The first kappa shape index (κ1) is 21.5. The molecule has 5 rings (SSSR count). The molecular formula is C25H26N2O6. The van der Waals surface area contributed by atoms with Crippen molar-refractivity contribution in [2.24, 2.45) is 0 Å². The van der Waals surface area contributed by atoms with Gasteiger partial charge in [-0.15, -0.1) is 0 Å². The summed E-state index contributed by atoms with van der Waals surface area (Å²) in [6, 6.07) is 16.3. The lowest BCUT2D eigenvalue weighted by atomic mass is 9.75. The van der Waals surface area contributed by atoms with E-state index in [-0.39, 0.29) is 31.1 Å². The van der Waals surface area contributed by atoms with Gasteiger partial charge < -0.3 is 24.8 Å². The molecule has 0 atom stereocenters. The van der Waals surface area contributed by atoms with E-state index >= 15 is 0 Å². The summed E-state index contributed by atoms with van der Waals surface area (Å²) in [5, 5.41) is 11.5. The number of carboxylic acid groups (broad SMARTS) is 1. The first-order valence-electron chi connectivity index (χ1n) is 11.2. The van der Waals surface area contributed by atoms with Crippen LogP contribution in [0.25, 0.3) is 11.1 Å². The van der Waals surface area contributed by atoms with Gasteiger partial charge in [0.15, 0.2) is 0 Å². The summed E-state index contributed by atoms with van der Waals surface area (Å²) in [7, 11) is 0. The molecule has 3 aliphatic rings. The van der Waals surface area contributed by atoms with Gasteiger partial charge in [0.25, 0.3) is 0 Å². The number of carbonyl (C=O) groups excluding carboxylic acids is 2. The zero-order valence-corrected chi connectivity index (χ0v) is 18.2. The van der Waals surface area contributed by atoms with Gasteiger partial charge in [0.05, 0.1) is 6.10 Å². The maximum atomic E-state index is 13.0. The Morgan fingerprint density at radius 1 is 1.00 bits per heavy atom. The highest BCUT2D eigenvalue weighted by Crippen LogP contribution is 2.44. The standard InChI is InChI=1S/C25H26N2O6/c28-22(29)15-32-16-12-27(13-16)23(30)25(10-5-11-25)26-24(31)33-14-21-19-8-3-1-6-17(19)18-7-2-4-9-20(18)21/h1-4,6-9,16,21H,5,10-15H2,(H,26,31)(H,28,29). The zero-order chi connectivity index (χ0) is 23.0. The monoisotopic (exact) mass is 450 g/mol. The number of fused-ring (bicyclic) bond motifs is 3. The highest BCUT2D eigenvalue weighted by molar-refractivity contribution is 5.91. The number of hydrogen-bond donors (Lipinski definition) is 2. The van der Waals surface area contributed by atoms with Crippen molar-refractivity contribution in [3.63, 3.8) is 0 Å². The minimum absolute atomic E-state index is 0.0429. The molecule has 2 aliphatic carbocycles. The fourth-order valence-electron chi connectivity index (χ4n) is 4.95. The van der Waals surface area contributed by atoms with Crippen LogP contribution in [0.3, 0.4) is 0 Å². The van der Waals surface area contributed by atoms with E-state index in [1.54, 1.807) is 4.90 Å². The molecule has 0 unspecified atom stereocenters. The smallest absolute Gasteiger partial charge is 0.408 e. The van der Waals surface area contributed by atoms with Crippen LogP contribution in [0.5, 0.6) is 0 Å². The summed E-state index contributed by atoms with van der Waals surface area (Å²) in [5.74, 6) is -1.23. The van der Waals surface area contributed by atoms with Crippen LogP contribution in [0.1, 0.15) is 36.3 Å². The number of amides is 2. The highest BCUT2D eigenvalue weighted by Gasteiger charge is 2.50. The molecule has 2 fully saturated rings. The number of aliphatic carboxylic acids is 1. The lowest BCUT2D eigenvalue weighted by molar-refractivity contribution is -0.160. The van der Waals surface area contributed by atoms with Crippen LogP contribution < -0.4 is 5.32 Å². The van der Waals surface area contributed by atoms with Crippen LogP contribution in [0, 0.1) is 0 Å². The lowest BCUT2D eigenvalue weighted by Gasteiger charge is -2.48. The predicted molar refractivity (Wildman–Crippen MR) is 119 cm³/mol. The fourth-order valence-corrected chi connectivity index (χ4v) is 4.95. The van der Waals surface area contributed by atoms with Crippen molar-refractivity contribution in [1.29, 1.82) is 0 Å². The topological polar surface area (TPSA) is 105 Å². The number of ether oxygens (including phenoxy) is 2. The largest absolute Gasteiger partial charge is 0.480 e. The summed E-state index contributed by atoms with van der Waals surface area (Å²) in [6.45, 7) is 0.481. The van der Waals surface area contributed by atoms with E-state index in [4.69, 9.17) is 14.6 Å². The molecule has 8 heteroatoms. The van der Waals surface area contributed by atoms with Crippen molar-refractivity contribution < 1.29 is 29.0 Å². The van der Waals surface area contributed by atoms with E-state index in [1.807, 2.05) is 24.3 Å². The van der Waals surface area contributed by atoms with Gasteiger partial charge in [-0.1, -0.05) is 48.5 Å². The summed E-state index contributed by atoms with van der Waals surface area (Å²) in [4.78, 5) is 38.0. The number of carbonyl (C=O) groups is 3. The Bertz CT molecular complexity index is 1040. The first-order chi connectivity index (χ1) is 16.0. The number of likely N-dealkylation sites (tertiary alicyclic amines) is 1. The quantitative estimate of drug-likeness (QED) is 0.672. The van der Waals surface area contributed by atoms with Crippen LogP contribution >= 0.6 is 0 Å². The number of carboxylic acids is 1. The number of nitrogens with zero attached hydrogens (tertiary/aromatic N) is 1. The molecule has 0 aromatic heterocycles. The van der Waals surface area contributed by atoms with Crippen molar-refractivity contribution in [3.8, 4) is 11.1 Å². The third kappa shape index (κ3) is 3.95. The Balaban J connectivity index is 1.19. The van der Waals surface area contributed by atoms with Gasteiger partial charge in [-0.3, -0.25) is 4.79 Å². The van der Waals surface area contributed by atoms with Crippen molar-refractivity contribution in [2.75, 3.05) is 26.3 Å². The average molecular weight is 450 g/mol. The first-order valence-corrected chi connectivity index (χ1v) is 11.2. The summed E-state index contributed by atoms with van der Waals surface area (Å²) < 4.78 is 10.8. The second kappa shape index (κ2) is 8.51. The molecular weight excluding hydrogens is 424 g/mol. The molecule has 2 aromatic carbocycles. The van der Waals surface area contributed by atoms with Crippen molar-refractivity contribution in [1.82, 2.24) is 10.2 Å². The van der Waals surface area contributed by atoms with Gasteiger partial charge in [-0.25, -0.2) is 9.59 Å². The Morgan fingerprint density at radius 2 is 1.61 bits per heavy atom. The molecule has 1 saturated heterocycles. The fraction of sp³-hybridized carbons (Fsp3) is 0.400. The molecule has 33 heavy (non-hydrogen) atoms. The molecule has 2 aromatic rings. The molecule has 0 spiro atoms. The molecule has 1 aliphatic heterocycles. The van der Waals surface area contributed by atoms with Crippen molar-refractivity contribution in [2.45, 2.75) is 36.8 Å². The van der Waals surface area contributed by atoms with Crippen molar-refractivity contribution in [3.05, 3.63) is 59.7 Å². The van der Waals surface area contributed by atoms with Gasteiger partial charge in [0, 0.05) is 19.0 Å². The maximum Gasteiger partial charge on any atom is 0.408 e. The second-order valence-electron chi connectivity index (χ2n) is 8.92. The molecule has 8 nitrogen and oxygen atoms in total. The summed E-state index contributed by atoms with van der Waals surface area (Å²) in [5.41, 5.74) is 3.64. The van der Waals surface area contributed by atoms with Gasteiger partial charge in [0.1, 0.15) is 18.8 Å². The lowest BCUT2D eigenvalue weighted by Crippen LogP contribution is -2.68. The SMILES string of the molecule is O=C(O)COC1CN(C(=O)C2(NC(=O)OCC3c4ccccc4-c4ccccc43)CCC2)C1. The predicted octanol–water partition coefficient (Wildman–Crippen LogP) is 2.76. The van der Waals surface area contributed by atoms with Crippen LogP contribution in [-0.2, 0) is 19.1 Å². The summed E-state index contributed by atoms with van der Waals surface area (Å²) >= 11 is 0. The van der Waals surface area contributed by atoms with Gasteiger partial charge in [-0.05, 0) is 41.5 Å². The maximum absolute atomic E-state index is 13.0. The number of nitrogens with one attached hydrogen (secondary N) is 1. The number of hydrogen-bond acceptors (Lipinski definition) is 5. The molecule has 2 N–H and O–H groups in total. The van der Waals surface area contributed by atoms with Gasteiger partial charge in [0.2, 0.25) is 5.91 Å². The van der Waals surface area contributed by atoms with E-state index in [0.717, 1.165) is 28.7 Å². The van der Waals surface area contributed by atoms with Gasteiger partial charge >= 0.3 is 12.1 Å².